The predicted molar refractivity (Wildman–Crippen MR) is 57.9 cm³/mol. The first-order chi connectivity index (χ1) is 7.13. The molecule has 1 aliphatic rings. The molecule has 2 unspecified atom stereocenters. The van der Waals surface area contributed by atoms with Gasteiger partial charge in [0.25, 0.3) is 0 Å². The minimum absolute atomic E-state index is 0.215. The van der Waals surface area contributed by atoms with Crippen LogP contribution in [-0.4, -0.2) is 19.3 Å². The standard InChI is InChI=1S/C12H16FNO/c1-12(13)6-7-14-11(12)9-4-3-5-10(8-9)15-2/h3-5,8,11,14H,6-7H2,1-2H3. The molecule has 1 aromatic rings. The lowest BCUT2D eigenvalue weighted by Gasteiger charge is -2.23. The predicted octanol–water partition coefficient (Wildman–Crippen LogP) is 2.46. The van der Waals surface area contributed by atoms with Gasteiger partial charge in [0.05, 0.1) is 13.2 Å². The zero-order valence-corrected chi connectivity index (χ0v) is 9.09. The Balaban J connectivity index is 2.29. The van der Waals surface area contributed by atoms with E-state index >= 15 is 0 Å². The number of hydrogen-bond donors (Lipinski definition) is 1. The molecule has 2 rings (SSSR count). The summed E-state index contributed by atoms with van der Waals surface area (Å²) in [6, 6.07) is 7.37. The number of hydrogen-bond acceptors (Lipinski definition) is 2. The van der Waals surface area contributed by atoms with Gasteiger partial charge in [-0.15, -0.1) is 0 Å². The van der Waals surface area contributed by atoms with E-state index in [1.165, 1.54) is 0 Å². The summed E-state index contributed by atoms with van der Waals surface area (Å²) in [5.41, 5.74) is -0.205. The monoisotopic (exact) mass is 209 g/mol. The first kappa shape index (κ1) is 10.4. The van der Waals surface area contributed by atoms with Crippen molar-refractivity contribution in [3.63, 3.8) is 0 Å². The first-order valence-electron chi connectivity index (χ1n) is 5.20. The first-order valence-corrected chi connectivity index (χ1v) is 5.20. The molecule has 0 amide bonds. The van der Waals surface area contributed by atoms with Crippen LogP contribution in [0.4, 0.5) is 4.39 Å². The van der Waals surface area contributed by atoms with Crippen molar-refractivity contribution < 1.29 is 9.13 Å². The average molecular weight is 209 g/mol. The normalized spacial score (nSPS) is 30.5. The number of nitrogens with one attached hydrogen (secondary N) is 1. The summed E-state index contributed by atoms with van der Waals surface area (Å²) in [7, 11) is 1.62. The largest absolute Gasteiger partial charge is 0.497 e. The molecule has 0 radical (unpaired) electrons. The fraction of sp³-hybridized carbons (Fsp3) is 0.500. The maximum Gasteiger partial charge on any atom is 0.128 e. The molecule has 1 heterocycles. The van der Waals surface area contributed by atoms with Crippen molar-refractivity contribution in [2.24, 2.45) is 0 Å². The maximum absolute atomic E-state index is 14.1. The Kier molecular flexibility index (Phi) is 2.65. The Hall–Kier alpha value is -1.09. The molecular weight excluding hydrogens is 193 g/mol. The summed E-state index contributed by atoms with van der Waals surface area (Å²) in [6.45, 7) is 2.38. The van der Waals surface area contributed by atoms with Gasteiger partial charge in [0.2, 0.25) is 0 Å². The van der Waals surface area contributed by atoms with Crippen LogP contribution in [-0.2, 0) is 0 Å². The van der Waals surface area contributed by atoms with Crippen LogP contribution in [0.2, 0.25) is 0 Å². The Labute approximate surface area is 89.4 Å². The van der Waals surface area contributed by atoms with Gasteiger partial charge in [0.15, 0.2) is 0 Å². The van der Waals surface area contributed by atoms with Gasteiger partial charge in [0, 0.05) is 0 Å². The molecule has 2 nitrogen and oxygen atoms in total. The molecule has 0 saturated carbocycles. The van der Waals surface area contributed by atoms with Crippen molar-refractivity contribution in [1.29, 1.82) is 0 Å². The van der Waals surface area contributed by atoms with E-state index in [0.717, 1.165) is 17.9 Å². The molecule has 0 bridgehead atoms. The van der Waals surface area contributed by atoms with Crippen LogP contribution in [0.25, 0.3) is 0 Å². The SMILES string of the molecule is COc1cccc(C2NCCC2(C)F)c1. The number of halogens is 1. The molecule has 1 aromatic carbocycles. The number of rotatable bonds is 2. The van der Waals surface area contributed by atoms with Gasteiger partial charge in [-0.1, -0.05) is 12.1 Å². The van der Waals surface area contributed by atoms with Crippen LogP contribution >= 0.6 is 0 Å². The van der Waals surface area contributed by atoms with Crippen molar-refractivity contribution in [2.75, 3.05) is 13.7 Å². The summed E-state index contributed by atoms with van der Waals surface area (Å²) in [5, 5.41) is 3.18. The van der Waals surface area contributed by atoms with E-state index in [1.54, 1.807) is 14.0 Å². The van der Waals surface area contributed by atoms with Crippen molar-refractivity contribution >= 4 is 0 Å². The van der Waals surface area contributed by atoms with Crippen LogP contribution in [0, 0.1) is 0 Å². The average Bonchev–Trinajstić information content (AvgIpc) is 2.58. The molecule has 2 atom stereocenters. The highest BCUT2D eigenvalue weighted by molar-refractivity contribution is 5.32. The zero-order chi connectivity index (χ0) is 10.9. The minimum atomic E-state index is -1.16. The Bertz CT molecular complexity index is 351. The molecule has 0 aromatic heterocycles. The number of ether oxygens (including phenoxy) is 1. The van der Waals surface area contributed by atoms with Gasteiger partial charge < -0.3 is 10.1 Å². The van der Waals surface area contributed by atoms with Crippen LogP contribution in [0.1, 0.15) is 24.9 Å². The second kappa shape index (κ2) is 3.81. The summed E-state index contributed by atoms with van der Waals surface area (Å²) < 4.78 is 19.2. The molecule has 1 saturated heterocycles. The molecule has 15 heavy (non-hydrogen) atoms. The van der Waals surface area contributed by atoms with E-state index in [2.05, 4.69) is 5.32 Å². The van der Waals surface area contributed by atoms with Gasteiger partial charge >= 0.3 is 0 Å². The van der Waals surface area contributed by atoms with E-state index in [4.69, 9.17) is 4.74 Å². The number of alkyl halides is 1. The number of benzene rings is 1. The molecule has 1 fully saturated rings. The Morgan fingerprint density at radius 1 is 1.53 bits per heavy atom. The van der Waals surface area contributed by atoms with Crippen LogP contribution in [0.5, 0.6) is 5.75 Å². The lowest BCUT2D eigenvalue weighted by molar-refractivity contribution is 0.168. The third kappa shape index (κ3) is 1.97. The van der Waals surface area contributed by atoms with Crippen molar-refractivity contribution in [2.45, 2.75) is 25.1 Å². The van der Waals surface area contributed by atoms with Gasteiger partial charge in [-0.3, -0.25) is 0 Å². The van der Waals surface area contributed by atoms with E-state index in [-0.39, 0.29) is 6.04 Å². The molecule has 3 heteroatoms. The van der Waals surface area contributed by atoms with Gasteiger partial charge in [-0.25, -0.2) is 4.39 Å². The summed E-state index contributed by atoms with van der Waals surface area (Å²) in [6.07, 6.45) is 0.564. The van der Waals surface area contributed by atoms with Gasteiger partial charge in [0.1, 0.15) is 11.4 Å². The second-order valence-electron chi connectivity index (χ2n) is 4.19. The van der Waals surface area contributed by atoms with Gasteiger partial charge in [-0.2, -0.15) is 0 Å². The highest BCUT2D eigenvalue weighted by atomic mass is 19.1. The highest BCUT2D eigenvalue weighted by Gasteiger charge is 2.39. The topological polar surface area (TPSA) is 21.3 Å². The smallest absolute Gasteiger partial charge is 0.128 e. The third-order valence-electron chi connectivity index (χ3n) is 2.99. The Morgan fingerprint density at radius 2 is 2.33 bits per heavy atom. The van der Waals surface area contributed by atoms with E-state index in [0.29, 0.717) is 6.42 Å². The minimum Gasteiger partial charge on any atom is -0.497 e. The number of methoxy groups -OCH3 is 1. The Morgan fingerprint density at radius 3 is 2.93 bits per heavy atom. The lowest BCUT2D eigenvalue weighted by atomic mass is 9.93. The molecule has 82 valence electrons. The van der Waals surface area contributed by atoms with Crippen molar-refractivity contribution in [3.05, 3.63) is 29.8 Å². The third-order valence-corrected chi connectivity index (χ3v) is 2.99. The molecular formula is C12H16FNO. The highest BCUT2D eigenvalue weighted by Crippen LogP contribution is 2.37. The zero-order valence-electron chi connectivity index (χ0n) is 9.09. The van der Waals surface area contributed by atoms with E-state index < -0.39 is 5.67 Å². The molecule has 1 N–H and O–H groups in total. The second-order valence-corrected chi connectivity index (χ2v) is 4.19. The summed E-state index contributed by atoms with van der Waals surface area (Å²) in [5.74, 6) is 0.775. The summed E-state index contributed by atoms with van der Waals surface area (Å²) >= 11 is 0. The fourth-order valence-electron chi connectivity index (χ4n) is 2.10. The lowest BCUT2D eigenvalue weighted by Crippen LogP contribution is -2.27. The maximum atomic E-state index is 14.1. The van der Waals surface area contributed by atoms with E-state index in [1.807, 2.05) is 24.3 Å². The molecule has 1 aliphatic heterocycles. The fourth-order valence-corrected chi connectivity index (χ4v) is 2.10. The quantitative estimate of drug-likeness (QED) is 0.807. The van der Waals surface area contributed by atoms with Crippen LogP contribution in [0.15, 0.2) is 24.3 Å². The van der Waals surface area contributed by atoms with Gasteiger partial charge in [-0.05, 0) is 37.6 Å². The van der Waals surface area contributed by atoms with E-state index in [9.17, 15) is 4.39 Å². The van der Waals surface area contributed by atoms with Crippen LogP contribution in [0.3, 0.4) is 0 Å². The van der Waals surface area contributed by atoms with Crippen molar-refractivity contribution in [1.82, 2.24) is 5.32 Å². The van der Waals surface area contributed by atoms with Crippen LogP contribution < -0.4 is 10.1 Å². The van der Waals surface area contributed by atoms with Crippen molar-refractivity contribution in [3.8, 4) is 5.75 Å². The molecule has 0 spiro atoms. The summed E-state index contributed by atoms with van der Waals surface area (Å²) in [4.78, 5) is 0. The molecule has 0 aliphatic carbocycles.